The molecule has 0 aliphatic heterocycles. The maximum atomic E-state index is 12.3. The molecular formula is C17H26NO6PS. The zero-order chi connectivity index (χ0) is 19.4. The van der Waals surface area contributed by atoms with Gasteiger partial charge in [0.25, 0.3) is 5.91 Å². The Bertz CT molecular complexity index is 629. The second-order valence-corrected chi connectivity index (χ2v) is 8.06. The molecule has 1 amide bonds. The lowest BCUT2D eigenvalue weighted by Gasteiger charge is -2.16. The molecular weight excluding hydrogens is 377 g/mol. The summed E-state index contributed by atoms with van der Waals surface area (Å²) in [6, 6.07) is 6.97. The fourth-order valence-corrected chi connectivity index (χ4v) is 3.96. The molecule has 0 atom stereocenters. The van der Waals surface area contributed by atoms with E-state index >= 15 is 0 Å². The van der Waals surface area contributed by atoms with Crippen molar-refractivity contribution in [2.75, 3.05) is 26.4 Å². The first-order valence-corrected chi connectivity index (χ1v) is 10.8. The van der Waals surface area contributed by atoms with E-state index in [1.165, 1.54) is 6.92 Å². The van der Waals surface area contributed by atoms with Crippen molar-refractivity contribution < 1.29 is 27.7 Å². The minimum absolute atomic E-state index is 0.0737. The van der Waals surface area contributed by atoms with Gasteiger partial charge in [-0.25, -0.2) is 4.57 Å². The van der Waals surface area contributed by atoms with Gasteiger partial charge in [0, 0.05) is 18.4 Å². The van der Waals surface area contributed by atoms with E-state index in [-0.39, 0.29) is 30.8 Å². The van der Waals surface area contributed by atoms with Crippen LogP contribution < -0.4 is 5.32 Å². The van der Waals surface area contributed by atoms with Crippen LogP contribution in [0.3, 0.4) is 0 Å². The van der Waals surface area contributed by atoms with Gasteiger partial charge in [-0.2, -0.15) is 0 Å². The van der Waals surface area contributed by atoms with E-state index in [0.717, 1.165) is 11.8 Å². The fraction of sp³-hybridized carbons (Fsp3) is 0.529. The maximum Gasteiger partial charge on any atom is 0.474 e. The summed E-state index contributed by atoms with van der Waals surface area (Å²) in [7, 11) is -3.48. The summed E-state index contributed by atoms with van der Waals surface area (Å²) < 4.78 is 27.4. The topological polar surface area (TPSA) is 90.9 Å². The lowest BCUT2D eigenvalue weighted by Crippen LogP contribution is -2.25. The number of amides is 1. The summed E-state index contributed by atoms with van der Waals surface area (Å²) in [6.45, 7) is 6.02. The van der Waals surface area contributed by atoms with Crippen molar-refractivity contribution >= 4 is 30.6 Å². The monoisotopic (exact) mass is 403 g/mol. The molecule has 0 fully saturated rings. The van der Waals surface area contributed by atoms with Crippen LogP contribution in [0.15, 0.2) is 29.2 Å². The second kappa shape index (κ2) is 12.3. The molecule has 0 aromatic heterocycles. The lowest BCUT2D eigenvalue weighted by molar-refractivity contribution is -0.109. The molecule has 0 bridgehead atoms. The third-order valence-corrected chi connectivity index (χ3v) is 5.58. The summed E-state index contributed by atoms with van der Waals surface area (Å²) in [5.41, 5.74) is 0.473. The molecule has 1 aromatic rings. The normalized spacial score (nSPS) is 11.3. The minimum Gasteiger partial charge on any atom is -0.352 e. The smallest absolute Gasteiger partial charge is 0.352 e. The van der Waals surface area contributed by atoms with Gasteiger partial charge in [0.15, 0.2) is 5.12 Å². The highest BCUT2D eigenvalue weighted by Gasteiger charge is 2.24. The van der Waals surface area contributed by atoms with Crippen molar-refractivity contribution in [1.29, 1.82) is 0 Å². The van der Waals surface area contributed by atoms with Gasteiger partial charge >= 0.3 is 7.82 Å². The molecule has 0 spiro atoms. The van der Waals surface area contributed by atoms with Crippen LogP contribution >= 0.6 is 19.6 Å². The molecule has 0 unspecified atom stereocenters. The van der Waals surface area contributed by atoms with Crippen molar-refractivity contribution in [3.8, 4) is 0 Å². The minimum atomic E-state index is -3.48. The predicted octanol–water partition coefficient (Wildman–Crippen LogP) is 4.03. The van der Waals surface area contributed by atoms with E-state index in [0.29, 0.717) is 29.8 Å². The first-order chi connectivity index (χ1) is 12.4. The van der Waals surface area contributed by atoms with Crippen LogP contribution in [0.5, 0.6) is 0 Å². The molecule has 0 saturated carbocycles. The Labute approximate surface area is 158 Å². The highest BCUT2D eigenvalue weighted by molar-refractivity contribution is 8.13. The van der Waals surface area contributed by atoms with E-state index in [1.54, 1.807) is 38.1 Å². The van der Waals surface area contributed by atoms with E-state index < -0.39 is 7.82 Å². The quantitative estimate of drug-likeness (QED) is 0.320. The Balaban J connectivity index is 2.37. The Morgan fingerprint density at radius 1 is 1.08 bits per heavy atom. The van der Waals surface area contributed by atoms with Gasteiger partial charge in [0.05, 0.1) is 25.4 Å². The van der Waals surface area contributed by atoms with Crippen LogP contribution in [0.2, 0.25) is 0 Å². The molecule has 0 aliphatic rings. The number of hydrogen-bond donors (Lipinski definition) is 1. The number of carbonyl (C=O) groups excluding carboxylic acids is 2. The van der Waals surface area contributed by atoms with Gasteiger partial charge in [0.1, 0.15) is 0 Å². The number of phosphoric ester groups is 1. The molecule has 1 aromatic carbocycles. The molecule has 26 heavy (non-hydrogen) atoms. The number of nitrogens with one attached hydrogen (secondary N) is 1. The zero-order valence-corrected chi connectivity index (χ0v) is 17.1. The van der Waals surface area contributed by atoms with Gasteiger partial charge in [-0.15, -0.1) is 0 Å². The number of carbonyl (C=O) groups is 2. The highest BCUT2D eigenvalue weighted by Crippen LogP contribution is 2.49. The summed E-state index contributed by atoms with van der Waals surface area (Å²) >= 11 is 1.03. The highest BCUT2D eigenvalue weighted by atomic mass is 32.2. The van der Waals surface area contributed by atoms with Crippen LogP contribution in [0.25, 0.3) is 0 Å². The van der Waals surface area contributed by atoms with Crippen LogP contribution in [-0.4, -0.2) is 37.4 Å². The first kappa shape index (κ1) is 22.9. The second-order valence-electron chi connectivity index (χ2n) is 5.17. The molecule has 7 nitrogen and oxygen atoms in total. The molecule has 1 rings (SSSR count). The van der Waals surface area contributed by atoms with Crippen molar-refractivity contribution in [2.24, 2.45) is 0 Å². The van der Waals surface area contributed by atoms with Crippen molar-refractivity contribution in [3.05, 3.63) is 29.8 Å². The summed E-state index contributed by atoms with van der Waals surface area (Å²) in [5, 5.41) is 2.74. The van der Waals surface area contributed by atoms with Crippen LogP contribution in [0.1, 0.15) is 44.0 Å². The average molecular weight is 403 g/mol. The largest absolute Gasteiger partial charge is 0.474 e. The molecule has 0 heterocycles. The Hall–Kier alpha value is -1.18. The van der Waals surface area contributed by atoms with E-state index in [4.69, 9.17) is 13.6 Å². The number of unbranched alkanes of at least 4 members (excludes halogenated alkanes) is 1. The number of thioether (sulfide) groups is 1. The van der Waals surface area contributed by atoms with Gasteiger partial charge in [-0.1, -0.05) is 23.9 Å². The van der Waals surface area contributed by atoms with E-state index in [1.807, 2.05) is 0 Å². The number of rotatable bonds is 12. The summed E-state index contributed by atoms with van der Waals surface area (Å²) in [5.74, 6) is -0.232. The molecule has 0 radical (unpaired) electrons. The SMILES string of the molecule is CCOP(=O)(OCC)OCCCCNC(=O)c1ccccc1SC(C)=O. The molecule has 0 saturated heterocycles. The van der Waals surface area contributed by atoms with Crippen molar-refractivity contribution in [1.82, 2.24) is 5.32 Å². The average Bonchev–Trinajstić information content (AvgIpc) is 2.58. The number of benzene rings is 1. The van der Waals surface area contributed by atoms with E-state index in [2.05, 4.69) is 5.32 Å². The Kier molecular flexibility index (Phi) is 10.8. The van der Waals surface area contributed by atoms with Crippen LogP contribution in [0.4, 0.5) is 0 Å². The first-order valence-electron chi connectivity index (χ1n) is 8.51. The van der Waals surface area contributed by atoms with Crippen molar-refractivity contribution in [3.63, 3.8) is 0 Å². The van der Waals surface area contributed by atoms with Gasteiger partial charge in [-0.05, 0) is 38.8 Å². The molecule has 1 N–H and O–H groups in total. The number of hydrogen-bond acceptors (Lipinski definition) is 7. The fourth-order valence-electron chi connectivity index (χ4n) is 2.03. The third kappa shape index (κ3) is 8.47. The van der Waals surface area contributed by atoms with Gasteiger partial charge in [-0.3, -0.25) is 23.2 Å². The summed E-state index contributed by atoms with van der Waals surface area (Å²) in [4.78, 5) is 24.2. The van der Waals surface area contributed by atoms with Crippen molar-refractivity contribution in [2.45, 2.75) is 38.5 Å². The standard InChI is InChI=1S/C17H26NO6PS/c1-4-22-25(21,23-5-2)24-13-9-8-12-18-17(20)15-10-6-7-11-16(15)26-14(3)19/h6-7,10-11H,4-5,8-9,12-13H2,1-3H3,(H,18,20). The van der Waals surface area contributed by atoms with Gasteiger partial charge in [0.2, 0.25) is 0 Å². The lowest BCUT2D eigenvalue weighted by atomic mass is 10.2. The van der Waals surface area contributed by atoms with Crippen LogP contribution in [0, 0.1) is 0 Å². The Morgan fingerprint density at radius 2 is 1.73 bits per heavy atom. The summed E-state index contributed by atoms with van der Waals surface area (Å²) in [6.07, 6.45) is 1.24. The Morgan fingerprint density at radius 3 is 2.35 bits per heavy atom. The molecule has 0 aliphatic carbocycles. The third-order valence-electron chi connectivity index (χ3n) is 3.07. The van der Waals surface area contributed by atoms with Gasteiger partial charge < -0.3 is 5.32 Å². The predicted molar refractivity (Wildman–Crippen MR) is 101 cm³/mol. The maximum absolute atomic E-state index is 12.3. The van der Waals surface area contributed by atoms with Crippen LogP contribution in [-0.2, 0) is 22.9 Å². The molecule has 9 heteroatoms. The zero-order valence-electron chi connectivity index (χ0n) is 15.4. The number of phosphoric acid groups is 1. The van der Waals surface area contributed by atoms with E-state index in [9.17, 15) is 14.2 Å². The molecule has 146 valence electrons.